The van der Waals surface area contributed by atoms with E-state index in [1.165, 1.54) is 0 Å². The van der Waals surface area contributed by atoms with Crippen molar-refractivity contribution in [3.8, 4) is 0 Å². The van der Waals surface area contributed by atoms with E-state index in [0.29, 0.717) is 18.8 Å². The van der Waals surface area contributed by atoms with E-state index in [4.69, 9.17) is 0 Å². The first kappa shape index (κ1) is 9.66. The molecule has 2 heteroatoms. The number of hydrogen-bond donors (Lipinski definition) is 1. The summed E-state index contributed by atoms with van der Waals surface area (Å²) >= 11 is 0. The van der Waals surface area contributed by atoms with Gasteiger partial charge in [0.1, 0.15) is 5.60 Å². The van der Waals surface area contributed by atoms with E-state index in [1.54, 1.807) is 0 Å². The molecule has 0 saturated heterocycles. The molecule has 3 atom stereocenters. The summed E-state index contributed by atoms with van der Waals surface area (Å²) in [4.78, 5) is 11.7. The van der Waals surface area contributed by atoms with Crippen LogP contribution in [0.3, 0.4) is 0 Å². The van der Waals surface area contributed by atoms with Crippen molar-refractivity contribution in [1.82, 2.24) is 0 Å². The van der Waals surface area contributed by atoms with Crippen LogP contribution in [0.15, 0.2) is 24.8 Å². The molecular formula is C12H16O2. The van der Waals surface area contributed by atoms with Gasteiger partial charge < -0.3 is 5.11 Å². The fraction of sp³-hybridized carbons (Fsp3) is 0.583. The van der Waals surface area contributed by atoms with E-state index >= 15 is 0 Å². The van der Waals surface area contributed by atoms with Gasteiger partial charge in [0.25, 0.3) is 0 Å². The average molecular weight is 192 g/mol. The number of hydrogen-bond acceptors (Lipinski definition) is 2. The Kier molecular flexibility index (Phi) is 2.31. The smallest absolute Gasteiger partial charge is 0.165 e. The van der Waals surface area contributed by atoms with E-state index in [2.05, 4.69) is 12.7 Å². The lowest BCUT2D eigenvalue weighted by atomic mass is 9.77. The van der Waals surface area contributed by atoms with Crippen molar-refractivity contribution in [2.24, 2.45) is 11.8 Å². The molecular weight excluding hydrogens is 176 g/mol. The van der Waals surface area contributed by atoms with Crippen molar-refractivity contribution in [2.45, 2.75) is 31.3 Å². The van der Waals surface area contributed by atoms with Crippen molar-refractivity contribution in [3.63, 3.8) is 0 Å². The Balaban J connectivity index is 2.25. The Bertz CT molecular complexity index is 293. The molecule has 1 N–H and O–H groups in total. The molecule has 76 valence electrons. The largest absolute Gasteiger partial charge is 0.381 e. The Morgan fingerprint density at radius 1 is 1.64 bits per heavy atom. The Labute approximate surface area is 84.3 Å². The van der Waals surface area contributed by atoms with Crippen molar-refractivity contribution in [3.05, 3.63) is 24.8 Å². The third kappa shape index (κ3) is 1.25. The second-order valence-corrected chi connectivity index (χ2v) is 4.35. The summed E-state index contributed by atoms with van der Waals surface area (Å²) in [6.07, 6.45) is 8.55. The maximum atomic E-state index is 11.7. The van der Waals surface area contributed by atoms with Crippen molar-refractivity contribution in [1.29, 1.82) is 0 Å². The molecule has 2 aliphatic rings. The number of aliphatic hydroxyl groups is 1. The molecule has 0 unspecified atom stereocenters. The predicted octanol–water partition coefficient (Wildman–Crippen LogP) is 1.85. The third-order valence-electron chi connectivity index (χ3n) is 3.57. The standard InChI is InChI=1S/C12H16O2/c1-2-5-9-8-11(13)12(14)7-4-3-6-10(9)12/h2-4,9-10,14H,1,5-8H2/t9-,10-,12-/m1/s1. The second kappa shape index (κ2) is 3.35. The maximum Gasteiger partial charge on any atom is 0.165 e. The van der Waals surface area contributed by atoms with Crippen LogP contribution in [0.1, 0.15) is 25.7 Å². The lowest BCUT2D eigenvalue weighted by molar-refractivity contribution is -0.136. The molecule has 2 nitrogen and oxygen atoms in total. The van der Waals surface area contributed by atoms with Gasteiger partial charge in [-0.15, -0.1) is 6.58 Å². The van der Waals surface area contributed by atoms with Crippen molar-refractivity contribution in [2.75, 3.05) is 0 Å². The van der Waals surface area contributed by atoms with Crippen LogP contribution in [0.4, 0.5) is 0 Å². The van der Waals surface area contributed by atoms with Gasteiger partial charge in [-0.1, -0.05) is 18.2 Å². The molecule has 0 radical (unpaired) electrons. The lowest BCUT2D eigenvalue weighted by Crippen LogP contribution is -2.41. The van der Waals surface area contributed by atoms with Gasteiger partial charge in [0, 0.05) is 18.8 Å². The number of rotatable bonds is 2. The summed E-state index contributed by atoms with van der Waals surface area (Å²) in [5, 5.41) is 10.2. The number of ketones is 1. The van der Waals surface area contributed by atoms with E-state index in [-0.39, 0.29) is 11.7 Å². The third-order valence-corrected chi connectivity index (χ3v) is 3.57. The molecule has 0 aromatic heterocycles. The monoisotopic (exact) mass is 192 g/mol. The van der Waals surface area contributed by atoms with E-state index < -0.39 is 5.60 Å². The highest BCUT2D eigenvalue weighted by Gasteiger charge is 2.52. The number of carbonyl (C=O) groups is 1. The Morgan fingerprint density at radius 3 is 3.14 bits per heavy atom. The van der Waals surface area contributed by atoms with Gasteiger partial charge in [0.15, 0.2) is 5.78 Å². The Hall–Kier alpha value is -0.890. The highest BCUT2D eigenvalue weighted by molar-refractivity contribution is 5.90. The maximum absolute atomic E-state index is 11.7. The van der Waals surface area contributed by atoms with E-state index in [0.717, 1.165) is 12.8 Å². The molecule has 0 aromatic carbocycles. The summed E-state index contributed by atoms with van der Waals surface area (Å²) in [7, 11) is 0. The molecule has 2 aliphatic carbocycles. The van der Waals surface area contributed by atoms with Gasteiger partial charge in [0.2, 0.25) is 0 Å². The van der Waals surface area contributed by atoms with Crippen LogP contribution in [0.2, 0.25) is 0 Å². The zero-order valence-corrected chi connectivity index (χ0v) is 8.28. The molecule has 1 fully saturated rings. The lowest BCUT2D eigenvalue weighted by Gasteiger charge is -2.32. The van der Waals surface area contributed by atoms with E-state index in [9.17, 15) is 9.90 Å². The zero-order chi connectivity index (χ0) is 10.2. The van der Waals surface area contributed by atoms with Crippen LogP contribution < -0.4 is 0 Å². The summed E-state index contributed by atoms with van der Waals surface area (Å²) < 4.78 is 0. The number of carbonyl (C=O) groups excluding carboxylic acids is 1. The second-order valence-electron chi connectivity index (χ2n) is 4.35. The normalized spacial score (nSPS) is 41.1. The number of Topliss-reactive ketones (excluding diaryl/α,β-unsaturated/α-hetero) is 1. The van der Waals surface area contributed by atoms with Gasteiger partial charge in [-0.2, -0.15) is 0 Å². The van der Waals surface area contributed by atoms with Gasteiger partial charge in [-0.25, -0.2) is 0 Å². The van der Waals surface area contributed by atoms with Gasteiger partial charge in [0.05, 0.1) is 0 Å². The van der Waals surface area contributed by atoms with Crippen LogP contribution in [0, 0.1) is 11.8 Å². The minimum absolute atomic E-state index is 0.0266. The van der Waals surface area contributed by atoms with Crippen LogP contribution in [-0.4, -0.2) is 16.5 Å². The Morgan fingerprint density at radius 2 is 2.43 bits per heavy atom. The fourth-order valence-electron chi connectivity index (χ4n) is 2.77. The fourth-order valence-corrected chi connectivity index (χ4v) is 2.77. The molecule has 0 heterocycles. The van der Waals surface area contributed by atoms with Gasteiger partial charge >= 0.3 is 0 Å². The number of fused-ring (bicyclic) bond motifs is 1. The van der Waals surface area contributed by atoms with Crippen LogP contribution in [0.25, 0.3) is 0 Å². The predicted molar refractivity (Wildman–Crippen MR) is 54.7 cm³/mol. The molecule has 0 aliphatic heterocycles. The highest BCUT2D eigenvalue weighted by atomic mass is 16.3. The van der Waals surface area contributed by atoms with Gasteiger partial charge in [-0.3, -0.25) is 4.79 Å². The SMILES string of the molecule is C=CC[C@@H]1CC(=O)[C@@]2(O)CC=CC[C@H]12. The molecule has 1 saturated carbocycles. The molecule has 0 amide bonds. The summed E-state index contributed by atoms with van der Waals surface area (Å²) in [5.74, 6) is 0.451. The molecule has 2 rings (SSSR count). The van der Waals surface area contributed by atoms with Crippen molar-refractivity contribution >= 4 is 5.78 Å². The topological polar surface area (TPSA) is 37.3 Å². The van der Waals surface area contributed by atoms with Crippen molar-refractivity contribution < 1.29 is 9.90 Å². The average Bonchev–Trinajstić information content (AvgIpc) is 2.41. The zero-order valence-electron chi connectivity index (χ0n) is 8.28. The summed E-state index contributed by atoms with van der Waals surface area (Å²) in [5.41, 5.74) is -1.05. The first-order valence-electron chi connectivity index (χ1n) is 5.20. The van der Waals surface area contributed by atoms with Crippen LogP contribution >= 0.6 is 0 Å². The summed E-state index contributed by atoms with van der Waals surface area (Å²) in [6.45, 7) is 3.70. The first-order valence-corrected chi connectivity index (χ1v) is 5.20. The van der Waals surface area contributed by atoms with E-state index in [1.807, 2.05) is 12.2 Å². The van der Waals surface area contributed by atoms with Gasteiger partial charge in [-0.05, 0) is 18.8 Å². The minimum atomic E-state index is -1.05. The van der Waals surface area contributed by atoms with Crippen LogP contribution in [-0.2, 0) is 4.79 Å². The molecule has 0 bridgehead atoms. The highest BCUT2D eigenvalue weighted by Crippen LogP contribution is 2.45. The molecule has 0 spiro atoms. The molecule has 14 heavy (non-hydrogen) atoms. The minimum Gasteiger partial charge on any atom is -0.381 e. The first-order chi connectivity index (χ1) is 6.68. The number of allylic oxidation sites excluding steroid dienone is 2. The quantitative estimate of drug-likeness (QED) is 0.678. The molecule has 0 aromatic rings. The summed E-state index contributed by atoms with van der Waals surface area (Å²) in [6, 6.07) is 0. The van der Waals surface area contributed by atoms with Crippen LogP contribution in [0.5, 0.6) is 0 Å².